The maximum Gasteiger partial charge on any atom is 0.193 e. The van der Waals surface area contributed by atoms with Crippen molar-refractivity contribution in [3.63, 3.8) is 0 Å². The monoisotopic (exact) mass is 432 g/mol. The van der Waals surface area contributed by atoms with Crippen molar-refractivity contribution in [1.29, 1.82) is 0 Å². The number of rotatable bonds is 3. The second-order valence-corrected chi connectivity index (χ2v) is 9.47. The van der Waals surface area contributed by atoms with Gasteiger partial charge in [0.05, 0.1) is 11.5 Å². The molecule has 0 spiro atoms. The fraction of sp³-hybridized carbons (Fsp3) is 0.308. The maximum absolute atomic E-state index is 14.3. The van der Waals surface area contributed by atoms with E-state index < -0.39 is 11.7 Å². The molecule has 0 aromatic heterocycles. The molecule has 164 valence electrons. The number of aromatic hydroxyl groups is 1. The Labute approximate surface area is 186 Å². The van der Waals surface area contributed by atoms with E-state index in [9.17, 15) is 19.1 Å². The summed E-state index contributed by atoms with van der Waals surface area (Å²) in [6.45, 7) is 5.39. The molecule has 1 aliphatic carbocycles. The zero-order chi connectivity index (χ0) is 22.6. The molecule has 2 aromatic rings. The van der Waals surface area contributed by atoms with E-state index in [2.05, 4.69) is 19.2 Å². The molecule has 6 heteroatoms. The highest BCUT2D eigenvalue weighted by Gasteiger charge is 2.47. The van der Waals surface area contributed by atoms with Gasteiger partial charge in [0.1, 0.15) is 17.4 Å². The lowest BCUT2D eigenvalue weighted by atomic mass is 9.67. The summed E-state index contributed by atoms with van der Waals surface area (Å²) in [5.41, 5.74) is 2.24. The number of hydrogen-bond acceptors (Lipinski definition) is 5. The number of fused-ring (bicyclic) bond motifs is 2. The molecule has 1 saturated heterocycles. The van der Waals surface area contributed by atoms with Gasteiger partial charge in [0.2, 0.25) is 0 Å². The number of carbonyl (C=O) groups excluding carboxylic acids is 2. The largest absolute Gasteiger partial charge is 0.508 e. The number of carbonyl (C=O) groups is 2. The molecule has 1 unspecified atom stereocenters. The minimum absolute atomic E-state index is 0.0609. The molecule has 2 N–H and O–H groups in total. The Balaban J connectivity index is 1.79. The fourth-order valence-electron chi connectivity index (χ4n) is 5.21. The van der Waals surface area contributed by atoms with Gasteiger partial charge in [-0.3, -0.25) is 9.59 Å². The molecule has 1 atom stereocenters. The summed E-state index contributed by atoms with van der Waals surface area (Å²) in [6.07, 6.45) is 1.00. The number of benzene rings is 2. The summed E-state index contributed by atoms with van der Waals surface area (Å²) in [5.74, 6) is -1.15. The molecule has 0 radical (unpaired) electrons. The summed E-state index contributed by atoms with van der Waals surface area (Å²) in [4.78, 5) is 29.3. The van der Waals surface area contributed by atoms with Gasteiger partial charge in [-0.15, -0.1) is 0 Å². The van der Waals surface area contributed by atoms with Gasteiger partial charge in [-0.05, 0) is 30.0 Å². The third kappa shape index (κ3) is 3.22. The van der Waals surface area contributed by atoms with Crippen molar-refractivity contribution in [2.45, 2.75) is 32.6 Å². The second kappa shape index (κ2) is 7.33. The van der Waals surface area contributed by atoms with Gasteiger partial charge >= 0.3 is 0 Å². The topological polar surface area (TPSA) is 69.6 Å². The molecule has 2 aromatic carbocycles. The first kappa shape index (κ1) is 20.5. The van der Waals surface area contributed by atoms with Crippen molar-refractivity contribution in [2.75, 3.05) is 13.1 Å². The third-order valence-corrected chi connectivity index (χ3v) is 6.53. The summed E-state index contributed by atoms with van der Waals surface area (Å²) < 4.78 is 14.3. The molecule has 0 bridgehead atoms. The number of nitrogens with one attached hydrogen (secondary N) is 1. The van der Waals surface area contributed by atoms with Gasteiger partial charge in [0, 0.05) is 41.9 Å². The third-order valence-electron chi connectivity index (χ3n) is 6.53. The second-order valence-electron chi connectivity index (χ2n) is 9.47. The highest BCUT2D eigenvalue weighted by Crippen LogP contribution is 2.52. The smallest absolute Gasteiger partial charge is 0.193 e. The Kier molecular flexibility index (Phi) is 4.69. The minimum Gasteiger partial charge on any atom is -0.508 e. The predicted molar refractivity (Wildman–Crippen MR) is 118 cm³/mol. The van der Waals surface area contributed by atoms with Crippen LogP contribution in [-0.4, -0.2) is 34.7 Å². The Hall–Kier alpha value is -3.41. The Bertz CT molecular complexity index is 1200. The first-order chi connectivity index (χ1) is 15.3. The number of ketones is 2. The van der Waals surface area contributed by atoms with Crippen LogP contribution in [0, 0.1) is 11.2 Å². The molecule has 3 aliphatic rings. The zero-order valence-corrected chi connectivity index (χ0v) is 18.1. The van der Waals surface area contributed by atoms with Crippen LogP contribution in [0.15, 0.2) is 71.2 Å². The first-order valence-corrected chi connectivity index (χ1v) is 10.9. The molecule has 1 fully saturated rings. The van der Waals surface area contributed by atoms with Crippen LogP contribution in [0.2, 0.25) is 0 Å². The van der Waals surface area contributed by atoms with Crippen LogP contribution in [-0.2, 0) is 4.79 Å². The van der Waals surface area contributed by atoms with E-state index in [0.717, 1.165) is 5.70 Å². The lowest BCUT2D eigenvalue weighted by Crippen LogP contribution is -2.40. The van der Waals surface area contributed by atoms with Crippen LogP contribution in [0.4, 0.5) is 4.39 Å². The van der Waals surface area contributed by atoms with Crippen molar-refractivity contribution in [3.05, 3.63) is 88.1 Å². The van der Waals surface area contributed by atoms with Gasteiger partial charge in [-0.25, -0.2) is 4.39 Å². The van der Waals surface area contributed by atoms with Crippen LogP contribution < -0.4 is 5.32 Å². The molecular formula is C26H25FN2O3. The Morgan fingerprint density at radius 2 is 1.91 bits per heavy atom. The predicted octanol–water partition coefficient (Wildman–Crippen LogP) is 4.27. The van der Waals surface area contributed by atoms with Crippen molar-refractivity contribution in [2.24, 2.45) is 5.41 Å². The van der Waals surface area contributed by atoms with E-state index in [1.54, 1.807) is 24.3 Å². The summed E-state index contributed by atoms with van der Waals surface area (Å²) >= 11 is 0. The van der Waals surface area contributed by atoms with Gasteiger partial charge in [-0.1, -0.05) is 44.2 Å². The number of Topliss-reactive ketones (excluding diaryl/α,β-unsaturated/α-hetero) is 2. The normalized spacial score (nSPS) is 21.9. The van der Waals surface area contributed by atoms with E-state index >= 15 is 0 Å². The molecule has 0 saturated carbocycles. The lowest BCUT2D eigenvalue weighted by molar-refractivity contribution is -0.118. The van der Waals surface area contributed by atoms with E-state index in [1.165, 1.54) is 18.2 Å². The average Bonchev–Trinajstić information content (AvgIpc) is 3.24. The fourth-order valence-corrected chi connectivity index (χ4v) is 5.21. The quantitative estimate of drug-likeness (QED) is 0.709. The molecule has 2 aliphatic heterocycles. The van der Waals surface area contributed by atoms with Gasteiger partial charge in [0.15, 0.2) is 11.6 Å². The van der Waals surface area contributed by atoms with Gasteiger partial charge in [-0.2, -0.15) is 0 Å². The molecule has 5 nitrogen and oxygen atoms in total. The molecule has 32 heavy (non-hydrogen) atoms. The highest BCUT2D eigenvalue weighted by atomic mass is 19.1. The van der Waals surface area contributed by atoms with E-state index in [1.807, 2.05) is 11.0 Å². The number of phenolic OH excluding ortho intramolecular Hbond substituents is 1. The number of nitrogens with zero attached hydrogens (tertiary/aromatic N) is 1. The van der Waals surface area contributed by atoms with Crippen LogP contribution >= 0.6 is 0 Å². The summed E-state index contributed by atoms with van der Waals surface area (Å²) in [7, 11) is 0. The van der Waals surface area contributed by atoms with E-state index in [-0.39, 0.29) is 28.3 Å². The van der Waals surface area contributed by atoms with E-state index in [0.29, 0.717) is 48.5 Å². The number of hydrogen-bond donors (Lipinski definition) is 2. The van der Waals surface area contributed by atoms with Crippen molar-refractivity contribution >= 4 is 11.6 Å². The van der Waals surface area contributed by atoms with Crippen LogP contribution in [0.5, 0.6) is 5.75 Å². The maximum atomic E-state index is 14.3. The molecule has 2 heterocycles. The number of allylic oxidation sites excluding steroid dienone is 3. The zero-order valence-electron chi connectivity index (χ0n) is 18.1. The van der Waals surface area contributed by atoms with Crippen LogP contribution in [0.25, 0.3) is 0 Å². The minimum atomic E-state index is -0.839. The SMILES string of the molecule is CC1(C)CC(=O)C2=C(C1)N1CCNC1=C(C(=O)c1ccccc1)C2c1cc(F)ccc1O. The first-order valence-electron chi connectivity index (χ1n) is 10.9. The summed E-state index contributed by atoms with van der Waals surface area (Å²) in [6, 6.07) is 12.6. The standard InChI is InChI=1S/C26H25FN2O3/c1-26(2)13-18-22(20(31)14-26)21(17-12-16(27)8-9-19(17)30)23(25-28-10-11-29(18)25)24(32)15-6-4-3-5-7-15/h3-9,12,21,28,30H,10-11,13-14H2,1-2H3. The summed E-state index contributed by atoms with van der Waals surface area (Å²) in [5, 5.41) is 14.0. The molecule has 5 rings (SSSR count). The Morgan fingerprint density at radius 1 is 1.16 bits per heavy atom. The molecule has 0 amide bonds. The molecular weight excluding hydrogens is 407 g/mol. The van der Waals surface area contributed by atoms with Gasteiger partial charge in [0.25, 0.3) is 0 Å². The number of phenols is 1. The van der Waals surface area contributed by atoms with Crippen molar-refractivity contribution in [1.82, 2.24) is 10.2 Å². The Morgan fingerprint density at radius 3 is 2.66 bits per heavy atom. The van der Waals surface area contributed by atoms with Crippen molar-refractivity contribution in [3.8, 4) is 5.75 Å². The van der Waals surface area contributed by atoms with Crippen LogP contribution in [0.1, 0.15) is 48.5 Å². The average molecular weight is 432 g/mol. The highest BCUT2D eigenvalue weighted by molar-refractivity contribution is 6.13. The number of halogens is 1. The van der Waals surface area contributed by atoms with Crippen molar-refractivity contribution < 1.29 is 19.1 Å². The van der Waals surface area contributed by atoms with Gasteiger partial charge < -0.3 is 15.3 Å². The van der Waals surface area contributed by atoms with E-state index in [4.69, 9.17) is 0 Å². The van der Waals surface area contributed by atoms with Crippen LogP contribution in [0.3, 0.4) is 0 Å². The lowest BCUT2D eigenvalue weighted by Gasteiger charge is -2.43.